The van der Waals surface area contributed by atoms with Gasteiger partial charge in [-0.15, -0.1) is 0 Å². The summed E-state index contributed by atoms with van der Waals surface area (Å²) in [6.07, 6.45) is 5.41. The van der Waals surface area contributed by atoms with Crippen molar-refractivity contribution in [1.82, 2.24) is 4.98 Å². The molecule has 0 amide bonds. The highest BCUT2D eigenvalue weighted by Crippen LogP contribution is 2.42. The van der Waals surface area contributed by atoms with Crippen LogP contribution in [-0.2, 0) is 0 Å². The Kier molecular flexibility index (Phi) is 2.53. The summed E-state index contributed by atoms with van der Waals surface area (Å²) in [7, 11) is -0.588. The second-order valence-corrected chi connectivity index (χ2v) is 4.74. The number of nitriles is 2. The van der Waals surface area contributed by atoms with Crippen molar-refractivity contribution in [3.05, 3.63) is 46.4 Å². The molecule has 2 heterocycles. The molecule has 0 saturated heterocycles. The van der Waals surface area contributed by atoms with Crippen LogP contribution in [0.4, 0.5) is 0 Å². The van der Waals surface area contributed by atoms with Crippen LogP contribution in [-0.4, -0.2) is 4.98 Å². The van der Waals surface area contributed by atoms with Crippen LogP contribution in [0.2, 0.25) is 0 Å². The van der Waals surface area contributed by atoms with Gasteiger partial charge in [-0.3, -0.25) is 0 Å². The lowest BCUT2D eigenvalue weighted by Crippen LogP contribution is -1.90. The largest absolute Gasteiger partial charge is 0.248 e. The molecular weight excluding hydrogens is 206 g/mol. The number of nitrogens with zero attached hydrogens (tertiary/aromatic N) is 3. The summed E-state index contributed by atoms with van der Waals surface area (Å²) < 4.78 is 0. The number of rotatable bonds is 1. The van der Waals surface area contributed by atoms with Gasteiger partial charge in [-0.05, 0) is 16.9 Å². The van der Waals surface area contributed by atoms with E-state index >= 15 is 0 Å². The predicted octanol–water partition coefficient (Wildman–Crippen LogP) is 2.23. The number of hydrogen-bond acceptors (Lipinski definition) is 3. The van der Waals surface area contributed by atoms with Crippen LogP contribution >= 0.6 is 10.9 Å². The van der Waals surface area contributed by atoms with E-state index < -0.39 is 10.9 Å². The predicted molar refractivity (Wildman–Crippen MR) is 59.2 cm³/mol. The Bertz CT molecular complexity index is 520. The van der Waals surface area contributed by atoms with E-state index in [1.54, 1.807) is 6.07 Å². The zero-order chi connectivity index (χ0) is 10.7. The lowest BCUT2D eigenvalue weighted by Gasteiger charge is -2.10. The van der Waals surface area contributed by atoms with Crippen LogP contribution in [0.25, 0.3) is 0 Å². The Morgan fingerprint density at radius 1 is 1.13 bits per heavy atom. The molecule has 1 aromatic heterocycles. The van der Waals surface area contributed by atoms with E-state index in [4.69, 9.17) is 10.5 Å². The smallest absolute Gasteiger partial charge is 0.102 e. The second-order valence-electron chi connectivity index (χ2n) is 2.91. The third kappa shape index (κ3) is 1.76. The standard InChI is InChI=1S/C11H7N3S/c12-6-9-5-10(7-13)11(14-8-9)15-3-1-2-4-15/h1-5,8,15H. The number of aromatic nitrogens is 1. The van der Waals surface area contributed by atoms with Crippen molar-refractivity contribution >= 4 is 10.9 Å². The summed E-state index contributed by atoms with van der Waals surface area (Å²) in [6, 6.07) is 5.65. The van der Waals surface area contributed by atoms with Gasteiger partial charge in [-0.2, -0.15) is 21.4 Å². The zero-order valence-electron chi connectivity index (χ0n) is 7.75. The molecule has 0 aliphatic carbocycles. The fourth-order valence-electron chi connectivity index (χ4n) is 1.28. The number of allylic oxidation sites excluding steroid dienone is 2. The van der Waals surface area contributed by atoms with Crippen molar-refractivity contribution in [3.8, 4) is 12.1 Å². The molecule has 0 unspecified atom stereocenters. The number of pyridine rings is 1. The molecule has 0 N–H and O–H groups in total. The van der Waals surface area contributed by atoms with Crippen molar-refractivity contribution in [2.45, 2.75) is 5.03 Å². The summed E-state index contributed by atoms with van der Waals surface area (Å²) in [6.45, 7) is 0. The van der Waals surface area contributed by atoms with Gasteiger partial charge in [0.15, 0.2) is 0 Å². The molecule has 0 bridgehead atoms. The van der Waals surface area contributed by atoms with Gasteiger partial charge >= 0.3 is 0 Å². The Labute approximate surface area is 90.3 Å². The molecular formula is C11H7N3S. The second kappa shape index (κ2) is 4.00. The third-order valence-corrected chi connectivity index (χ3v) is 3.80. The first-order valence-corrected chi connectivity index (χ1v) is 5.77. The minimum atomic E-state index is -0.588. The van der Waals surface area contributed by atoms with Gasteiger partial charge in [0.2, 0.25) is 0 Å². The van der Waals surface area contributed by atoms with Crippen molar-refractivity contribution in [2.24, 2.45) is 0 Å². The topological polar surface area (TPSA) is 60.5 Å². The van der Waals surface area contributed by atoms with E-state index in [9.17, 15) is 0 Å². The van der Waals surface area contributed by atoms with Gasteiger partial charge in [0.25, 0.3) is 0 Å². The molecule has 0 spiro atoms. The van der Waals surface area contributed by atoms with Gasteiger partial charge in [0.1, 0.15) is 17.2 Å². The van der Waals surface area contributed by atoms with Gasteiger partial charge in [0, 0.05) is 6.20 Å². The van der Waals surface area contributed by atoms with Gasteiger partial charge in [-0.1, -0.05) is 12.2 Å². The van der Waals surface area contributed by atoms with E-state index in [1.165, 1.54) is 6.20 Å². The molecule has 0 atom stereocenters. The van der Waals surface area contributed by atoms with E-state index in [0.717, 1.165) is 5.03 Å². The number of thiol groups is 1. The third-order valence-electron chi connectivity index (χ3n) is 1.97. The molecule has 0 fully saturated rings. The van der Waals surface area contributed by atoms with Crippen LogP contribution in [0.15, 0.2) is 40.3 Å². The molecule has 15 heavy (non-hydrogen) atoms. The van der Waals surface area contributed by atoms with Crippen LogP contribution in [0, 0.1) is 22.7 Å². The average Bonchev–Trinajstić information content (AvgIpc) is 2.81. The minimum Gasteiger partial charge on any atom is -0.248 e. The molecule has 1 aromatic rings. The van der Waals surface area contributed by atoms with Crippen LogP contribution in [0.1, 0.15) is 11.1 Å². The Balaban J connectivity index is 2.49. The molecule has 72 valence electrons. The fraction of sp³-hybridized carbons (Fsp3) is 0. The maximum atomic E-state index is 8.96. The van der Waals surface area contributed by atoms with E-state index in [1.807, 2.05) is 29.0 Å². The SMILES string of the molecule is N#Cc1cnc([SH]2C=CC=C2)c(C#N)c1. The van der Waals surface area contributed by atoms with Gasteiger partial charge < -0.3 is 0 Å². The lowest BCUT2D eigenvalue weighted by atomic mass is 10.2. The first-order valence-electron chi connectivity index (χ1n) is 4.29. The minimum absolute atomic E-state index is 0.428. The van der Waals surface area contributed by atoms with Crippen LogP contribution < -0.4 is 0 Å². The fourth-order valence-corrected chi connectivity index (χ4v) is 2.82. The van der Waals surface area contributed by atoms with E-state index in [-0.39, 0.29) is 0 Å². The summed E-state index contributed by atoms with van der Waals surface area (Å²) in [5, 5.41) is 22.5. The van der Waals surface area contributed by atoms with E-state index in [2.05, 4.69) is 11.1 Å². The molecule has 1 aliphatic heterocycles. The van der Waals surface area contributed by atoms with Crippen molar-refractivity contribution in [2.75, 3.05) is 0 Å². The Hall–Kier alpha value is -2.04. The molecule has 2 rings (SSSR count). The van der Waals surface area contributed by atoms with Crippen LogP contribution in [0.3, 0.4) is 0 Å². The molecule has 0 radical (unpaired) electrons. The molecule has 3 nitrogen and oxygen atoms in total. The monoisotopic (exact) mass is 213 g/mol. The van der Waals surface area contributed by atoms with E-state index in [0.29, 0.717) is 11.1 Å². The molecule has 0 saturated carbocycles. The lowest BCUT2D eigenvalue weighted by molar-refractivity contribution is 1.10. The normalized spacial score (nSPS) is 14.9. The summed E-state index contributed by atoms with van der Waals surface area (Å²) in [5.74, 6) is 0. The van der Waals surface area contributed by atoms with Crippen molar-refractivity contribution < 1.29 is 0 Å². The summed E-state index contributed by atoms with van der Waals surface area (Å²) in [5.41, 5.74) is 0.925. The van der Waals surface area contributed by atoms with Crippen molar-refractivity contribution in [3.63, 3.8) is 0 Å². The highest BCUT2D eigenvalue weighted by molar-refractivity contribution is 8.22. The zero-order valence-corrected chi connectivity index (χ0v) is 8.65. The molecule has 4 heteroatoms. The summed E-state index contributed by atoms with van der Waals surface area (Å²) in [4.78, 5) is 4.18. The number of hydrogen-bond donors (Lipinski definition) is 1. The van der Waals surface area contributed by atoms with Crippen LogP contribution in [0.5, 0.6) is 0 Å². The molecule has 1 aliphatic rings. The summed E-state index contributed by atoms with van der Waals surface area (Å²) >= 11 is 0. The van der Waals surface area contributed by atoms with Crippen molar-refractivity contribution in [1.29, 1.82) is 10.5 Å². The van der Waals surface area contributed by atoms with Gasteiger partial charge in [-0.25, -0.2) is 4.98 Å². The maximum absolute atomic E-state index is 8.96. The first-order chi connectivity index (χ1) is 7.35. The Morgan fingerprint density at radius 2 is 1.87 bits per heavy atom. The maximum Gasteiger partial charge on any atom is 0.102 e. The first kappa shape index (κ1) is 9.51. The molecule has 0 aromatic carbocycles. The van der Waals surface area contributed by atoms with Gasteiger partial charge in [0.05, 0.1) is 11.1 Å². The quantitative estimate of drug-likeness (QED) is 0.728. The highest BCUT2D eigenvalue weighted by atomic mass is 32.2. The highest BCUT2D eigenvalue weighted by Gasteiger charge is 2.11. The Morgan fingerprint density at radius 3 is 2.47 bits per heavy atom. The average molecular weight is 213 g/mol.